The average molecular weight is 607 g/mol. The van der Waals surface area contributed by atoms with Crippen LogP contribution in [0.15, 0.2) is 29.2 Å². The second-order valence-electron chi connectivity index (χ2n) is 10.8. The number of fused-ring (bicyclic) bond motifs is 1. The number of pyridine rings is 2. The Hall–Kier alpha value is -3.21. The van der Waals surface area contributed by atoms with Crippen LogP contribution in [0.1, 0.15) is 27.2 Å². The predicted molar refractivity (Wildman–Crippen MR) is 163 cm³/mol. The summed E-state index contributed by atoms with van der Waals surface area (Å²) in [5.41, 5.74) is 0.664. The van der Waals surface area contributed by atoms with Gasteiger partial charge in [0.15, 0.2) is 0 Å². The van der Waals surface area contributed by atoms with E-state index >= 15 is 0 Å². The Morgan fingerprint density at radius 3 is 2.20 bits per heavy atom. The van der Waals surface area contributed by atoms with Crippen molar-refractivity contribution in [2.45, 2.75) is 39.3 Å². The number of rotatable bonds is 8. The van der Waals surface area contributed by atoms with Crippen molar-refractivity contribution in [3.8, 4) is 22.6 Å². The molecule has 0 saturated carbocycles. The molecule has 0 aliphatic carbocycles. The van der Waals surface area contributed by atoms with Gasteiger partial charge in [0.2, 0.25) is 0 Å². The summed E-state index contributed by atoms with van der Waals surface area (Å²) in [5.74, 6) is 1.35. The number of nitrogens with zero attached hydrogens (tertiary/aromatic N) is 4. The normalized spacial score (nSPS) is 14.3. The Balaban J connectivity index is 1.61. The number of aryl methyl sites for hydroxylation is 1. The lowest BCUT2D eigenvalue weighted by atomic mass is 10.0. The Bertz CT molecular complexity index is 1450. The number of halogens is 2. The first-order chi connectivity index (χ1) is 19.5. The van der Waals surface area contributed by atoms with Gasteiger partial charge in [-0.2, -0.15) is 0 Å². The van der Waals surface area contributed by atoms with Crippen molar-refractivity contribution in [1.82, 2.24) is 19.4 Å². The van der Waals surface area contributed by atoms with E-state index in [0.29, 0.717) is 54.5 Å². The summed E-state index contributed by atoms with van der Waals surface area (Å²) in [7, 11) is 4.77. The average Bonchev–Trinajstić information content (AvgIpc) is 2.94. The zero-order valence-corrected chi connectivity index (χ0v) is 25.9. The summed E-state index contributed by atoms with van der Waals surface area (Å²) in [6.07, 6.45) is 2.15. The first-order valence-corrected chi connectivity index (χ1v) is 14.2. The molecule has 1 aromatic carbocycles. The quantitative estimate of drug-likeness (QED) is 0.366. The lowest BCUT2D eigenvalue weighted by Crippen LogP contribution is -2.50. The number of carbonyl (C=O) groups is 1. The Labute approximate surface area is 250 Å². The van der Waals surface area contributed by atoms with E-state index in [1.165, 1.54) is 14.2 Å². The summed E-state index contributed by atoms with van der Waals surface area (Å²) in [5, 5.41) is 4.26. The van der Waals surface area contributed by atoms with Crippen LogP contribution < -0.4 is 20.3 Å². The van der Waals surface area contributed by atoms with Crippen LogP contribution in [0.2, 0.25) is 10.0 Å². The molecule has 0 atom stereocenters. The van der Waals surface area contributed by atoms with Gasteiger partial charge in [0.25, 0.3) is 5.56 Å². The van der Waals surface area contributed by atoms with Gasteiger partial charge in [0.1, 0.15) is 22.9 Å². The fourth-order valence-electron chi connectivity index (χ4n) is 4.87. The molecule has 1 N–H and O–H groups in total. The number of anilines is 1. The van der Waals surface area contributed by atoms with E-state index in [9.17, 15) is 9.59 Å². The van der Waals surface area contributed by atoms with Gasteiger partial charge in [0, 0.05) is 69.1 Å². The molecule has 41 heavy (non-hydrogen) atoms. The number of hydrogen-bond acceptors (Lipinski definition) is 8. The molecular formula is C29H37Cl2N5O5. The smallest absolute Gasteiger partial charge is 0.410 e. The molecule has 0 radical (unpaired) electrons. The maximum atomic E-state index is 14.1. The minimum absolute atomic E-state index is 0.226. The molecule has 1 saturated heterocycles. The lowest BCUT2D eigenvalue weighted by molar-refractivity contribution is 0.0144. The predicted octanol–water partition coefficient (Wildman–Crippen LogP) is 5.37. The van der Waals surface area contributed by atoms with Gasteiger partial charge in [-0.25, -0.2) is 9.78 Å². The third-order valence-corrected chi connectivity index (χ3v) is 7.71. The molecule has 0 unspecified atom stereocenters. The molecule has 3 heterocycles. The van der Waals surface area contributed by atoms with E-state index in [0.717, 1.165) is 30.5 Å². The molecule has 1 aliphatic rings. The number of amides is 1. The molecule has 2 aromatic heterocycles. The minimum atomic E-state index is -0.522. The van der Waals surface area contributed by atoms with Crippen molar-refractivity contribution >= 4 is 46.0 Å². The fraction of sp³-hybridized carbons (Fsp3) is 0.483. The molecule has 4 rings (SSSR count). The maximum Gasteiger partial charge on any atom is 0.410 e. The summed E-state index contributed by atoms with van der Waals surface area (Å²) in [6, 6.07) is 5.20. The van der Waals surface area contributed by atoms with Gasteiger partial charge < -0.3 is 29.0 Å². The van der Waals surface area contributed by atoms with Gasteiger partial charge in [-0.05, 0) is 39.8 Å². The van der Waals surface area contributed by atoms with Gasteiger partial charge in [-0.1, -0.05) is 23.2 Å². The maximum absolute atomic E-state index is 14.1. The molecule has 1 aliphatic heterocycles. The number of aromatic nitrogens is 2. The van der Waals surface area contributed by atoms with Crippen LogP contribution in [-0.4, -0.2) is 85.0 Å². The molecular weight excluding hydrogens is 569 g/mol. The molecule has 1 amide bonds. The van der Waals surface area contributed by atoms with Crippen LogP contribution >= 0.6 is 23.2 Å². The van der Waals surface area contributed by atoms with Crippen LogP contribution in [0.25, 0.3) is 22.0 Å². The van der Waals surface area contributed by atoms with Gasteiger partial charge in [-0.15, -0.1) is 0 Å². The van der Waals surface area contributed by atoms with E-state index in [2.05, 4.69) is 15.2 Å². The highest BCUT2D eigenvalue weighted by Gasteiger charge is 2.26. The Morgan fingerprint density at radius 2 is 1.63 bits per heavy atom. The van der Waals surface area contributed by atoms with Gasteiger partial charge in [0.05, 0.1) is 35.3 Å². The van der Waals surface area contributed by atoms with Crippen molar-refractivity contribution in [3.63, 3.8) is 0 Å². The largest absolute Gasteiger partial charge is 0.495 e. The van der Waals surface area contributed by atoms with Crippen LogP contribution in [-0.2, 0) is 11.3 Å². The van der Waals surface area contributed by atoms with Crippen molar-refractivity contribution in [3.05, 3.63) is 44.8 Å². The van der Waals surface area contributed by atoms with E-state index in [-0.39, 0.29) is 21.7 Å². The van der Waals surface area contributed by atoms with Crippen molar-refractivity contribution in [2.75, 3.05) is 59.3 Å². The molecule has 10 nitrogen and oxygen atoms in total. The number of ether oxygens (including phenoxy) is 3. The van der Waals surface area contributed by atoms with Gasteiger partial charge >= 0.3 is 6.09 Å². The molecule has 0 spiro atoms. The number of methoxy groups -OCH3 is 2. The highest BCUT2D eigenvalue weighted by molar-refractivity contribution is 6.41. The lowest BCUT2D eigenvalue weighted by Gasteiger charge is -2.35. The number of piperazine rings is 1. The number of carbonyl (C=O) groups excluding carboxylic acids is 1. The van der Waals surface area contributed by atoms with Crippen LogP contribution in [0.3, 0.4) is 0 Å². The standard InChI is InChI=1S/C29H37Cl2N5O5/c1-29(2,3)41-28(38)35-12-10-34(11-13-35)8-7-9-36-20-15-23(32-4)33-17-18(20)14-19(27(36)37)24-25(30)21(39-5)16-22(40-6)26(24)31/h14-17H,7-13H2,1-6H3,(H,32,33). The van der Waals surface area contributed by atoms with Gasteiger partial charge in [-0.3, -0.25) is 9.69 Å². The topological polar surface area (TPSA) is 98.2 Å². The van der Waals surface area contributed by atoms with E-state index in [1.54, 1.807) is 34.8 Å². The van der Waals surface area contributed by atoms with Crippen LogP contribution in [0.5, 0.6) is 11.5 Å². The zero-order valence-electron chi connectivity index (χ0n) is 24.3. The second kappa shape index (κ2) is 12.8. The zero-order chi connectivity index (χ0) is 29.9. The van der Waals surface area contributed by atoms with Crippen LogP contribution in [0, 0.1) is 0 Å². The number of benzene rings is 1. The fourth-order valence-corrected chi connectivity index (χ4v) is 5.57. The summed E-state index contributed by atoms with van der Waals surface area (Å²) < 4.78 is 18.1. The highest BCUT2D eigenvalue weighted by atomic mass is 35.5. The van der Waals surface area contributed by atoms with Crippen molar-refractivity contribution in [1.29, 1.82) is 0 Å². The molecule has 12 heteroatoms. The first-order valence-electron chi connectivity index (χ1n) is 13.5. The third-order valence-electron chi connectivity index (χ3n) is 6.96. The summed E-state index contributed by atoms with van der Waals surface area (Å²) >= 11 is 13.4. The summed E-state index contributed by atoms with van der Waals surface area (Å²) in [4.78, 5) is 34.9. The SMILES string of the molecule is CNc1cc2c(cn1)cc(-c1c(Cl)c(OC)cc(OC)c1Cl)c(=O)n2CCCN1CCN(C(=O)OC(C)(C)C)CC1. The molecule has 0 bridgehead atoms. The number of hydrogen-bond donors (Lipinski definition) is 1. The van der Waals surface area contributed by atoms with Crippen LogP contribution in [0.4, 0.5) is 10.6 Å². The molecule has 1 fully saturated rings. The van der Waals surface area contributed by atoms with Crippen molar-refractivity contribution in [2.24, 2.45) is 0 Å². The van der Waals surface area contributed by atoms with E-state index < -0.39 is 5.60 Å². The molecule has 3 aromatic rings. The third kappa shape index (κ3) is 6.82. The minimum Gasteiger partial charge on any atom is -0.495 e. The molecule has 222 valence electrons. The monoisotopic (exact) mass is 605 g/mol. The van der Waals surface area contributed by atoms with E-state index in [1.807, 2.05) is 26.8 Å². The number of nitrogens with one attached hydrogen (secondary N) is 1. The second-order valence-corrected chi connectivity index (χ2v) is 11.6. The highest BCUT2D eigenvalue weighted by Crippen LogP contribution is 2.45. The Morgan fingerprint density at radius 1 is 1.00 bits per heavy atom. The van der Waals surface area contributed by atoms with Crippen molar-refractivity contribution < 1.29 is 19.0 Å². The van der Waals surface area contributed by atoms with E-state index in [4.69, 9.17) is 37.4 Å². The Kier molecular flexibility index (Phi) is 9.56. The first kappa shape index (κ1) is 30.7. The summed E-state index contributed by atoms with van der Waals surface area (Å²) in [6.45, 7) is 9.48.